The van der Waals surface area contributed by atoms with Gasteiger partial charge < -0.3 is 33.5 Å². The minimum Gasteiger partial charge on any atom is -0.465 e. The molecule has 0 aromatic carbocycles. The molecule has 422 valence electrons. The molecule has 0 aromatic rings. The molecule has 13 heteroatoms. The average Bonchev–Trinajstić information content (AvgIpc) is 3.38. The molecule has 0 fully saturated rings. The van der Waals surface area contributed by atoms with Crippen molar-refractivity contribution in [1.82, 2.24) is 0 Å². The van der Waals surface area contributed by atoms with Crippen LogP contribution in [0.2, 0.25) is 0 Å². The van der Waals surface area contributed by atoms with Gasteiger partial charge in [-0.1, -0.05) is 157 Å². The molecule has 0 saturated heterocycles. The van der Waals surface area contributed by atoms with E-state index in [1.54, 1.807) is 0 Å². The van der Waals surface area contributed by atoms with Gasteiger partial charge in [-0.2, -0.15) is 0 Å². The van der Waals surface area contributed by atoms with E-state index in [1.807, 2.05) is 0 Å². The van der Waals surface area contributed by atoms with Crippen LogP contribution in [0.5, 0.6) is 0 Å². The van der Waals surface area contributed by atoms with Crippen LogP contribution in [0.4, 0.5) is 0 Å². The second kappa shape index (κ2) is 48.7. The molecule has 0 aliphatic rings. The lowest BCUT2D eigenvalue weighted by Gasteiger charge is -2.30. The van der Waals surface area contributed by atoms with Crippen molar-refractivity contribution in [3.8, 4) is 0 Å². The molecule has 0 aliphatic carbocycles. The topological polar surface area (TPSA) is 178 Å². The summed E-state index contributed by atoms with van der Waals surface area (Å²) in [4.78, 5) is 77.3. The molecular formula is C59H108O13. The lowest BCUT2D eigenvalue weighted by atomic mass is 9.92. The molecule has 1 N–H and O–H groups in total. The van der Waals surface area contributed by atoms with E-state index in [2.05, 4.69) is 41.5 Å². The Morgan fingerprint density at radius 1 is 0.319 bits per heavy atom. The predicted octanol–water partition coefficient (Wildman–Crippen LogP) is 14.2. The van der Waals surface area contributed by atoms with Crippen LogP contribution < -0.4 is 0 Å². The highest BCUT2D eigenvalue weighted by molar-refractivity contribution is 5.73. The third-order valence-electron chi connectivity index (χ3n) is 13.7. The van der Waals surface area contributed by atoms with Crippen molar-refractivity contribution in [3.05, 3.63) is 0 Å². The van der Waals surface area contributed by atoms with Gasteiger partial charge in [0.15, 0.2) is 0 Å². The van der Waals surface area contributed by atoms with E-state index in [9.17, 15) is 33.9 Å². The van der Waals surface area contributed by atoms with E-state index in [0.29, 0.717) is 77.6 Å². The van der Waals surface area contributed by atoms with Crippen molar-refractivity contribution >= 4 is 35.8 Å². The molecule has 0 aromatic heterocycles. The Labute approximate surface area is 438 Å². The fourth-order valence-corrected chi connectivity index (χ4v) is 8.64. The molecule has 0 bridgehead atoms. The Morgan fingerprint density at radius 2 is 0.569 bits per heavy atom. The van der Waals surface area contributed by atoms with Gasteiger partial charge in [-0.3, -0.25) is 28.8 Å². The van der Waals surface area contributed by atoms with Crippen LogP contribution in [0.25, 0.3) is 0 Å². The van der Waals surface area contributed by atoms with Crippen LogP contribution in [0.15, 0.2) is 0 Å². The van der Waals surface area contributed by atoms with E-state index in [1.165, 1.54) is 19.3 Å². The number of hydrogen-bond acceptors (Lipinski definition) is 13. The largest absolute Gasteiger partial charge is 0.465 e. The van der Waals surface area contributed by atoms with Crippen LogP contribution in [-0.4, -0.2) is 87.2 Å². The Bertz CT molecular complexity index is 1200. The highest BCUT2D eigenvalue weighted by Crippen LogP contribution is 2.24. The van der Waals surface area contributed by atoms with E-state index >= 15 is 0 Å². The zero-order valence-corrected chi connectivity index (χ0v) is 47.0. The van der Waals surface area contributed by atoms with Crippen LogP contribution in [0.3, 0.4) is 0 Å². The smallest absolute Gasteiger partial charge is 0.308 e. The number of hydrogen-bond donors (Lipinski definition) is 1. The molecule has 0 radical (unpaired) electrons. The summed E-state index contributed by atoms with van der Waals surface area (Å²) in [5.41, 5.74) is -1.38. The Morgan fingerprint density at radius 3 is 0.819 bits per heavy atom. The highest BCUT2D eigenvalue weighted by atomic mass is 16.6. The molecule has 13 nitrogen and oxygen atoms in total. The maximum Gasteiger partial charge on any atom is 0.308 e. The van der Waals surface area contributed by atoms with Crippen LogP contribution in [0, 0.1) is 23.2 Å². The van der Waals surface area contributed by atoms with Gasteiger partial charge in [0.25, 0.3) is 0 Å². The quantitative estimate of drug-likeness (QED) is 0.0346. The van der Waals surface area contributed by atoms with Gasteiger partial charge in [-0.05, 0) is 96.3 Å². The molecule has 0 rings (SSSR count). The zero-order valence-electron chi connectivity index (χ0n) is 47.0. The van der Waals surface area contributed by atoms with Crippen LogP contribution in [0.1, 0.15) is 273 Å². The van der Waals surface area contributed by atoms with Gasteiger partial charge in [0.2, 0.25) is 0 Å². The monoisotopic (exact) mass is 1020 g/mol. The Balaban J connectivity index is 5.21. The van der Waals surface area contributed by atoms with Crippen molar-refractivity contribution in [1.29, 1.82) is 0 Å². The van der Waals surface area contributed by atoms with E-state index in [4.69, 9.17) is 28.4 Å². The number of carbonyl (C=O) groups excluding carboxylic acids is 6. The number of rotatable bonds is 52. The van der Waals surface area contributed by atoms with Crippen molar-refractivity contribution in [3.63, 3.8) is 0 Å². The molecule has 0 aliphatic heterocycles. The maximum absolute atomic E-state index is 12.9. The first kappa shape index (κ1) is 68.8. The number of ether oxygens (including phenoxy) is 6. The predicted molar refractivity (Wildman–Crippen MR) is 286 cm³/mol. The maximum atomic E-state index is 12.9. The molecule has 72 heavy (non-hydrogen) atoms. The number of esters is 6. The summed E-state index contributed by atoms with van der Waals surface area (Å²) in [6.45, 7) is 12.2. The first-order chi connectivity index (χ1) is 35.0. The molecular weight excluding hydrogens is 917 g/mol. The van der Waals surface area contributed by atoms with E-state index < -0.39 is 29.9 Å². The van der Waals surface area contributed by atoms with E-state index in [0.717, 1.165) is 135 Å². The third-order valence-corrected chi connectivity index (χ3v) is 13.7. The molecule has 0 saturated carbocycles. The van der Waals surface area contributed by atoms with Gasteiger partial charge >= 0.3 is 35.8 Å². The number of unbranched alkanes of at least 4 members (excludes halogenated alkanes) is 18. The van der Waals surface area contributed by atoms with Gasteiger partial charge in [0.1, 0.15) is 19.8 Å². The third kappa shape index (κ3) is 38.4. The fourth-order valence-electron chi connectivity index (χ4n) is 8.64. The summed E-state index contributed by atoms with van der Waals surface area (Å²) in [5.74, 6) is -2.09. The summed E-state index contributed by atoms with van der Waals surface area (Å²) in [6.07, 6.45) is 30.3. The molecule has 3 unspecified atom stereocenters. The molecule has 0 heterocycles. The second-order valence-corrected chi connectivity index (χ2v) is 20.6. The lowest BCUT2D eigenvalue weighted by molar-refractivity contribution is -0.166. The minimum absolute atomic E-state index is 0.0656. The van der Waals surface area contributed by atoms with Gasteiger partial charge in [0.05, 0.1) is 49.6 Å². The standard InChI is InChI=1S/C59H108O13/c1-7-13-19-25-37-50(34-16-10-4)56(64)67-43-31-22-28-40-53(61)70-47-59(46-60,48-71-54(62)41-29-23-32-44-68-57(65)51(35-17-11-5)38-26-20-14-8-2)49-72-55(63)42-30-24-33-45-69-58(66)52(36-18-12-6)39-27-21-15-9-3/h50-52,60H,7-49H2,1-6H3. The van der Waals surface area contributed by atoms with Crippen LogP contribution >= 0.6 is 0 Å². The highest BCUT2D eigenvalue weighted by Gasteiger charge is 2.35. The van der Waals surface area contributed by atoms with Crippen molar-refractivity contribution in [2.45, 2.75) is 273 Å². The normalized spacial score (nSPS) is 13.4. The summed E-state index contributed by atoms with van der Waals surface area (Å²) < 4.78 is 33.7. The number of aliphatic hydroxyl groups excluding tert-OH is 1. The average molecular weight is 1030 g/mol. The number of aliphatic hydroxyl groups is 1. The van der Waals surface area contributed by atoms with Crippen molar-refractivity contribution in [2.75, 3.05) is 46.2 Å². The molecule has 0 amide bonds. The zero-order chi connectivity index (χ0) is 53.3. The van der Waals surface area contributed by atoms with Gasteiger partial charge in [-0.15, -0.1) is 0 Å². The Hall–Kier alpha value is -3.22. The Kier molecular flexibility index (Phi) is 46.5. The fraction of sp³-hybridized carbons (Fsp3) is 0.898. The van der Waals surface area contributed by atoms with Gasteiger partial charge in [-0.25, -0.2) is 0 Å². The second-order valence-electron chi connectivity index (χ2n) is 20.6. The van der Waals surface area contributed by atoms with Gasteiger partial charge in [0, 0.05) is 19.3 Å². The van der Waals surface area contributed by atoms with E-state index in [-0.39, 0.29) is 74.7 Å². The first-order valence-electron chi connectivity index (χ1n) is 29.5. The molecule has 0 spiro atoms. The summed E-state index contributed by atoms with van der Waals surface area (Å²) >= 11 is 0. The summed E-state index contributed by atoms with van der Waals surface area (Å²) in [7, 11) is 0. The minimum atomic E-state index is -1.38. The lowest BCUT2D eigenvalue weighted by Crippen LogP contribution is -2.42. The SMILES string of the molecule is CCCCCCC(CCCC)C(=O)OCCCCCC(=O)OCC(CO)(COC(=O)CCCCCOC(=O)C(CCCC)CCCCCC)COC(=O)CCCCCOC(=O)C(CCCC)CCCCCC. The van der Waals surface area contributed by atoms with Crippen molar-refractivity contribution in [2.24, 2.45) is 23.2 Å². The first-order valence-corrected chi connectivity index (χ1v) is 29.5. The number of carbonyl (C=O) groups is 6. The summed E-state index contributed by atoms with van der Waals surface area (Å²) in [5, 5.41) is 10.6. The van der Waals surface area contributed by atoms with Crippen molar-refractivity contribution < 1.29 is 62.3 Å². The van der Waals surface area contributed by atoms with Crippen LogP contribution in [-0.2, 0) is 57.2 Å². The molecule has 3 atom stereocenters. The summed E-state index contributed by atoms with van der Waals surface area (Å²) in [6, 6.07) is 0.